The first-order valence-corrected chi connectivity index (χ1v) is 9.76. The average molecular weight is 417 g/mol. The third-order valence-corrected chi connectivity index (χ3v) is 4.67. The fourth-order valence-electron chi connectivity index (χ4n) is 3.25. The Morgan fingerprint density at radius 2 is 1.72 bits per heavy atom. The molecule has 6 nitrogen and oxygen atoms in total. The first kappa shape index (κ1) is 22.7. The van der Waals surface area contributed by atoms with Crippen molar-refractivity contribution in [2.45, 2.75) is 19.9 Å². The minimum absolute atomic E-state index is 0. The number of hydrogen-bond acceptors (Lipinski definition) is 4. The molecule has 7 heteroatoms. The molecule has 0 unspecified atom stereocenters. The van der Waals surface area contributed by atoms with Crippen LogP contribution in [0.15, 0.2) is 48.5 Å². The van der Waals surface area contributed by atoms with E-state index >= 15 is 0 Å². The number of amides is 2. The maximum absolute atomic E-state index is 12.2. The molecule has 1 aliphatic rings. The molecule has 0 radical (unpaired) electrons. The number of halogens is 1. The van der Waals surface area contributed by atoms with E-state index in [9.17, 15) is 9.59 Å². The second kappa shape index (κ2) is 10.8. The first-order chi connectivity index (χ1) is 13.5. The molecule has 1 heterocycles. The van der Waals surface area contributed by atoms with Crippen LogP contribution in [0.5, 0.6) is 0 Å². The number of nitrogens with one attached hydrogen (secondary N) is 3. The summed E-state index contributed by atoms with van der Waals surface area (Å²) in [6, 6.07) is 16.0. The molecule has 3 rings (SSSR count). The first-order valence-electron chi connectivity index (χ1n) is 9.76. The molecule has 0 spiro atoms. The van der Waals surface area contributed by atoms with E-state index in [1.54, 1.807) is 12.1 Å². The van der Waals surface area contributed by atoms with Crippen LogP contribution in [-0.4, -0.2) is 50.6 Å². The van der Waals surface area contributed by atoms with Gasteiger partial charge >= 0.3 is 0 Å². The highest BCUT2D eigenvalue weighted by Gasteiger charge is 2.12. The molecule has 2 aromatic carbocycles. The number of anilines is 1. The zero-order valence-corrected chi connectivity index (χ0v) is 17.7. The van der Waals surface area contributed by atoms with E-state index in [-0.39, 0.29) is 36.8 Å². The Morgan fingerprint density at radius 1 is 1.03 bits per heavy atom. The molecule has 0 aromatic heterocycles. The smallest absolute Gasteiger partial charge is 0.251 e. The standard InChI is InChI=1S/C22H28N4O2.ClH/c1-16(2)25-21(27)15-24-22(28)18-8-6-17(7-9-18)19-4-3-5-20(14-19)26-12-10-23-11-13-26;/h3-9,14,16,23H,10-13,15H2,1-2H3,(H,24,28)(H,25,27);1H. The molecule has 2 aromatic rings. The van der Waals surface area contributed by atoms with Gasteiger partial charge in [0.05, 0.1) is 6.54 Å². The summed E-state index contributed by atoms with van der Waals surface area (Å²) in [6.07, 6.45) is 0. The van der Waals surface area contributed by atoms with Crippen molar-refractivity contribution >= 4 is 29.9 Å². The summed E-state index contributed by atoms with van der Waals surface area (Å²) < 4.78 is 0. The van der Waals surface area contributed by atoms with Crippen molar-refractivity contribution in [3.8, 4) is 11.1 Å². The fourth-order valence-corrected chi connectivity index (χ4v) is 3.25. The molecule has 29 heavy (non-hydrogen) atoms. The van der Waals surface area contributed by atoms with E-state index < -0.39 is 0 Å². The molecule has 0 aliphatic carbocycles. The van der Waals surface area contributed by atoms with Crippen LogP contribution in [-0.2, 0) is 4.79 Å². The van der Waals surface area contributed by atoms with Crippen molar-refractivity contribution in [3.05, 3.63) is 54.1 Å². The zero-order valence-electron chi connectivity index (χ0n) is 16.9. The monoisotopic (exact) mass is 416 g/mol. The fraction of sp³-hybridized carbons (Fsp3) is 0.364. The van der Waals surface area contributed by atoms with Crippen LogP contribution in [0.2, 0.25) is 0 Å². The largest absolute Gasteiger partial charge is 0.369 e. The second-order valence-corrected chi connectivity index (χ2v) is 7.27. The molecule has 2 amide bonds. The lowest BCUT2D eigenvalue weighted by Gasteiger charge is -2.29. The molecule has 1 saturated heterocycles. The summed E-state index contributed by atoms with van der Waals surface area (Å²) in [7, 11) is 0. The third-order valence-electron chi connectivity index (χ3n) is 4.67. The van der Waals surface area contributed by atoms with E-state index in [2.05, 4.69) is 45.1 Å². The highest BCUT2D eigenvalue weighted by Crippen LogP contribution is 2.25. The number of hydrogen-bond donors (Lipinski definition) is 3. The molecular weight excluding hydrogens is 388 g/mol. The number of benzene rings is 2. The lowest BCUT2D eigenvalue weighted by atomic mass is 10.0. The topological polar surface area (TPSA) is 73.5 Å². The lowest BCUT2D eigenvalue weighted by molar-refractivity contribution is -0.120. The van der Waals surface area contributed by atoms with Crippen LogP contribution < -0.4 is 20.9 Å². The highest BCUT2D eigenvalue weighted by atomic mass is 35.5. The van der Waals surface area contributed by atoms with Crippen molar-refractivity contribution in [1.29, 1.82) is 0 Å². The van der Waals surface area contributed by atoms with Gasteiger partial charge in [-0.3, -0.25) is 9.59 Å². The van der Waals surface area contributed by atoms with Crippen LogP contribution in [0.25, 0.3) is 11.1 Å². The number of rotatable bonds is 6. The second-order valence-electron chi connectivity index (χ2n) is 7.27. The van der Waals surface area contributed by atoms with Crippen molar-refractivity contribution in [2.75, 3.05) is 37.6 Å². The summed E-state index contributed by atoms with van der Waals surface area (Å²) in [5, 5.41) is 8.77. The number of carbonyl (C=O) groups excluding carboxylic acids is 2. The minimum Gasteiger partial charge on any atom is -0.369 e. The van der Waals surface area contributed by atoms with E-state index in [4.69, 9.17) is 0 Å². The van der Waals surface area contributed by atoms with E-state index in [1.165, 1.54) is 5.69 Å². The lowest BCUT2D eigenvalue weighted by Crippen LogP contribution is -2.43. The third kappa shape index (κ3) is 6.48. The molecular formula is C22H29ClN4O2. The van der Waals surface area contributed by atoms with Gasteiger partial charge in [-0.2, -0.15) is 0 Å². The number of nitrogens with zero attached hydrogens (tertiary/aromatic N) is 1. The highest BCUT2D eigenvalue weighted by molar-refractivity contribution is 5.96. The normalized spacial score (nSPS) is 13.6. The summed E-state index contributed by atoms with van der Waals surface area (Å²) in [6.45, 7) is 7.77. The molecule has 156 valence electrons. The van der Waals surface area contributed by atoms with E-state index in [0.717, 1.165) is 37.3 Å². The van der Waals surface area contributed by atoms with Gasteiger partial charge < -0.3 is 20.9 Å². The summed E-state index contributed by atoms with van der Waals surface area (Å²) in [5.41, 5.74) is 3.95. The van der Waals surface area contributed by atoms with Gasteiger partial charge in [0.15, 0.2) is 0 Å². The van der Waals surface area contributed by atoms with Crippen LogP contribution in [0.3, 0.4) is 0 Å². The maximum Gasteiger partial charge on any atom is 0.251 e. The van der Waals surface area contributed by atoms with Gasteiger partial charge in [-0.15, -0.1) is 12.4 Å². The summed E-state index contributed by atoms with van der Waals surface area (Å²) >= 11 is 0. The maximum atomic E-state index is 12.2. The molecule has 1 fully saturated rings. The summed E-state index contributed by atoms with van der Waals surface area (Å²) in [4.78, 5) is 26.3. The summed E-state index contributed by atoms with van der Waals surface area (Å²) in [5.74, 6) is -0.440. The van der Waals surface area contributed by atoms with Gasteiger partial charge in [0.1, 0.15) is 0 Å². The zero-order chi connectivity index (χ0) is 19.9. The Balaban J connectivity index is 0.00000300. The average Bonchev–Trinajstić information content (AvgIpc) is 2.72. The van der Waals surface area contributed by atoms with Gasteiger partial charge in [0, 0.05) is 43.5 Å². The van der Waals surface area contributed by atoms with Crippen molar-refractivity contribution in [2.24, 2.45) is 0 Å². The Bertz CT molecular complexity index is 818. The van der Waals surface area contributed by atoms with Gasteiger partial charge in [0.2, 0.25) is 5.91 Å². The van der Waals surface area contributed by atoms with Gasteiger partial charge in [-0.25, -0.2) is 0 Å². The molecule has 0 atom stereocenters. The van der Waals surface area contributed by atoms with Crippen molar-refractivity contribution in [3.63, 3.8) is 0 Å². The Labute approximate surface area is 178 Å². The minimum atomic E-state index is -0.250. The number of carbonyl (C=O) groups is 2. The van der Waals surface area contributed by atoms with Crippen LogP contribution in [0.4, 0.5) is 5.69 Å². The Hall–Kier alpha value is -2.57. The molecule has 3 N–H and O–H groups in total. The SMILES string of the molecule is CC(C)NC(=O)CNC(=O)c1ccc(-c2cccc(N3CCNCC3)c2)cc1.Cl. The molecule has 1 aliphatic heterocycles. The predicted octanol–water partition coefficient (Wildman–Crippen LogP) is 2.44. The van der Waals surface area contributed by atoms with Crippen LogP contribution in [0, 0.1) is 0 Å². The van der Waals surface area contributed by atoms with E-state index in [0.29, 0.717) is 5.56 Å². The predicted molar refractivity (Wildman–Crippen MR) is 120 cm³/mol. The van der Waals surface area contributed by atoms with Crippen molar-refractivity contribution < 1.29 is 9.59 Å². The quantitative estimate of drug-likeness (QED) is 0.676. The Kier molecular flexibility index (Phi) is 8.49. The van der Waals surface area contributed by atoms with Crippen molar-refractivity contribution in [1.82, 2.24) is 16.0 Å². The van der Waals surface area contributed by atoms with E-state index in [1.807, 2.05) is 26.0 Å². The molecule has 0 saturated carbocycles. The van der Waals surface area contributed by atoms with Crippen LogP contribution in [0.1, 0.15) is 24.2 Å². The van der Waals surface area contributed by atoms with Gasteiger partial charge in [0.25, 0.3) is 5.91 Å². The van der Waals surface area contributed by atoms with Crippen LogP contribution >= 0.6 is 12.4 Å². The van der Waals surface area contributed by atoms with Gasteiger partial charge in [-0.1, -0.05) is 24.3 Å². The molecule has 0 bridgehead atoms. The van der Waals surface area contributed by atoms with Gasteiger partial charge in [-0.05, 0) is 49.2 Å². The number of piperazine rings is 1. The Morgan fingerprint density at radius 3 is 2.38 bits per heavy atom.